The van der Waals surface area contributed by atoms with Gasteiger partial charge in [0.05, 0.1) is 0 Å². The van der Waals surface area contributed by atoms with E-state index in [9.17, 15) is 4.79 Å². The molecule has 1 aromatic rings. The van der Waals surface area contributed by atoms with E-state index in [4.69, 9.17) is 23.8 Å². The molecule has 0 saturated carbocycles. The van der Waals surface area contributed by atoms with Gasteiger partial charge in [-0.2, -0.15) is 0 Å². The van der Waals surface area contributed by atoms with Crippen LogP contribution in [0.25, 0.3) is 0 Å². The molecule has 1 aromatic carbocycles. The van der Waals surface area contributed by atoms with Crippen LogP contribution >= 0.6 is 23.8 Å². The summed E-state index contributed by atoms with van der Waals surface area (Å²) in [6, 6.07) is 5.50. The summed E-state index contributed by atoms with van der Waals surface area (Å²) >= 11 is 10.9. The summed E-state index contributed by atoms with van der Waals surface area (Å²) in [5.41, 5.74) is 1.76. The van der Waals surface area contributed by atoms with Crippen LogP contribution in [0.5, 0.6) is 0 Å². The first-order chi connectivity index (χ1) is 7.52. The predicted molar refractivity (Wildman–Crippen MR) is 70.8 cm³/mol. The van der Waals surface area contributed by atoms with Crippen molar-refractivity contribution >= 4 is 40.5 Å². The fourth-order valence-electron chi connectivity index (χ4n) is 1.05. The van der Waals surface area contributed by atoms with Gasteiger partial charge in [0, 0.05) is 17.1 Å². The summed E-state index contributed by atoms with van der Waals surface area (Å²) in [6.45, 7) is 3.68. The third-order valence-electron chi connectivity index (χ3n) is 2.00. The number of aryl methyl sites for hydroxylation is 1. The molecule has 0 fully saturated rings. The molecule has 0 bridgehead atoms. The van der Waals surface area contributed by atoms with E-state index in [2.05, 4.69) is 10.6 Å². The van der Waals surface area contributed by atoms with Crippen LogP contribution in [0, 0.1) is 6.92 Å². The number of anilines is 1. The van der Waals surface area contributed by atoms with Crippen molar-refractivity contribution < 1.29 is 4.79 Å². The van der Waals surface area contributed by atoms with Crippen LogP contribution < -0.4 is 10.6 Å². The smallest absolute Gasteiger partial charge is 0.225 e. The van der Waals surface area contributed by atoms with Crippen molar-refractivity contribution in [1.29, 1.82) is 0 Å². The third-order valence-corrected chi connectivity index (χ3v) is 2.62. The maximum atomic E-state index is 11.1. The summed E-state index contributed by atoms with van der Waals surface area (Å²) < 4.78 is 0. The third kappa shape index (κ3) is 3.79. The molecule has 1 amide bonds. The van der Waals surface area contributed by atoms with Crippen molar-refractivity contribution in [3.63, 3.8) is 0 Å². The lowest BCUT2D eigenvalue weighted by Gasteiger charge is -2.09. The Balaban J connectivity index is 2.63. The largest absolute Gasteiger partial charge is 0.332 e. The van der Waals surface area contributed by atoms with Gasteiger partial charge in [0.15, 0.2) is 5.11 Å². The van der Waals surface area contributed by atoms with E-state index in [0.717, 1.165) is 11.3 Å². The molecule has 0 unspecified atom stereocenters. The average Bonchev–Trinajstić information content (AvgIpc) is 2.23. The average molecular weight is 257 g/mol. The zero-order valence-corrected chi connectivity index (χ0v) is 10.7. The lowest BCUT2D eigenvalue weighted by Crippen LogP contribution is -2.33. The zero-order chi connectivity index (χ0) is 12.1. The first-order valence-corrected chi connectivity index (χ1v) is 5.68. The standard InChI is InChI=1S/C11H13ClN2OS/c1-3-10(15)14-11(16)13-8-5-4-7(2)9(12)6-8/h4-6H,3H2,1-2H3,(H2,13,14,15,16). The Bertz CT molecular complexity index is 420. The number of thiocarbonyl (C=S) groups is 1. The van der Waals surface area contributed by atoms with E-state index < -0.39 is 0 Å². The summed E-state index contributed by atoms with van der Waals surface area (Å²) in [4.78, 5) is 11.1. The van der Waals surface area contributed by atoms with Crippen LogP contribution in [0.2, 0.25) is 5.02 Å². The van der Waals surface area contributed by atoms with Gasteiger partial charge in [-0.25, -0.2) is 0 Å². The van der Waals surface area contributed by atoms with Gasteiger partial charge in [0.1, 0.15) is 0 Å². The lowest BCUT2D eigenvalue weighted by atomic mass is 10.2. The molecule has 0 heterocycles. The van der Waals surface area contributed by atoms with E-state index >= 15 is 0 Å². The normalized spacial score (nSPS) is 9.69. The second-order valence-electron chi connectivity index (χ2n) is 3.32. The van der Waals surface area contributed by atoms with Crippen LogP contribution in [0.1, 0.15) is 18.9 Å². The summed E-state index contributed by atoms with van der Waals surface area (Å²) in [6.07, 6.45) is 0.399. The van der Waals surface area contributed by atoms with Crippen molar-refractivity contribution in [2.75, 3.05) is 5.32 Å². The van der Waals surface area contributed by atoms with E-state index in [0.29, 0.717) is 11.4 Å². The van der Waals surface area contributed by atoms with Gasteiger partial charge in [-0.1, -0.05) is 24.6 Å². The highest BCUT2D eigenvalue weighted by Gasteiger charge is 2.03. The van der Waals surface area contributed by atoms with E-state index in [1.54, 1.807) is 13.0 Å². The fraction of sp³-hybridized carbons (Fsp3) is 0.273. The number of hydrogen-bond donors (Lipinski definition) is 2. The molecule has 1 rings (SSSR count). The topological polar surface area (TPSA) is 41.1 Å². The van der Waals surface area contributed by atoms with Gasteiger partial charge >= 0.3 is 0 Å². The molecule has 5 heteroatoms. The maximum absolute atomic E-state index is 11.1. The van der Waals surface area contributed by atoms with Crippen molar-refractivity contribution in [2.24, 2.45) is 0 Å². The number of carbonyl (C=O) groups excluding carboxylic acids is 1. The van der Waals surface area contributed by atoms with Gasteiger partial charge in [-0.05, 0) is 36.8 Å². The van der Waals surface area contributed by atoms with Crippen LogP contribution in [0.3, 0.4) is 0 Å². The molecule has 0 aromatic heterocycles. The van der Waals surface area contributed by atoms with Crippen LogP contribution in [0.4, 0.5) is 5.69 Å². The zero-order valence-electron chi connectivity index (χ0n) is 9.13. The molecule has 0 atom stereocenters. The molecule has 0 aliphatic rings. The van der Waals surface area contributed by atoms with Crippen LogP contribution in [0.15, 0.2) is 18.2 Å². The highest BCUT2D eigenvalue weighted by atomic mass is 35.5. The second-order valence-corrected chi connectivity index (χ2v) is 4.14. The highest BCUT2D eigenvalue weighted by molar-refractivity contribution is 7.80. The molecule has 0 radical (unpaired) electrons. The number of carbonyl (C=O) groups is 1. The van der Waals surface area contributed by atoms with Crippen LogP contribution in [-0.2, 0) is 4.79 Å². The van der Waals surface area contributed by atoms with Crippen molar-refractivity contribution in [1.82, 2.24) is 5.32 Å². The minimum absolute atomic E-state index is 0.115. The number of amides is 1. The van der Waals surface area contributed by atoms with E-state index in [1.165, 1.54) is 0 Å². The van der Waals surface area contributed by atoms with Crippen molar-refractivity contribution in [3.8, 4) is 0 Å². The molecule has 3 nitrogen and oxygen atoms in total. The van der Waals surface area contributed by atoms with Gasteiger partial charge in [0.25, 0.3) is 0 Å². The Hall–Kier alpha value is -1.13. The summed E-state index contributed by atoms with van der Waals surface area (Å²) in [7, 11) is 0. The molecule has 16 heavy (non-hydrogen) atoms. The lowest BCUT2D eigenvalue weighted by molar-refractivity contribution is -0.119. The quantitative estimate of drug-likeness (QED) is 0.800. The molecule has 2 N–H and O–H groups in total. The minimum Gasteiger partial charge on any atom is -0.332 e. The summed E-state index contributed by atoms with van der Waals surface area (Å²) in [5, 5.41) is 6.39. The van der Waals surface area contributed by atoms with Crippen molar-refractivity contribution in [3.05, 3.63) is 28.8 Å². The van der Waals surface area contributed by atoms with E-state index in [1.807, 2.05) is 19.1 Å². The fourth-order valence-corrected chi connectivity index (χ4v) is 1.46. The Labute approximate surface area is 105 Å². The number of hydrogen-bond acceptors (Lipinski definition) is 2. The molecule has 86 valence electrons. The Morgan fingerprint density at radius 3 is 2.75 bits per heavy atom. The monoisotopic (exact) mass is 256 g/mol. The molecule has 0 aliphatic carbocycles. The molecular formula is C11H13ClN2OS. The molecule has 0 saturated heterocycles. The van der Waals surface area contributed by atoms with Gasteiger partial charge in [-0.15, -0.1) is 0 Å². The number of benzene rings is 1. The predicted octanol–water partition coefficient (Wildman–Crippen LogP) is 2.87. The van der Waals surface area contributed by atoms with Gasteiger partial charge in [0.2, 0.25) is 5.91 Å². The van der Waals surface area contributed by atoms with Gasteiger partial charge in [-0.3, -0.25) is 4.79 Å². The Morgan fingerprint density at radius 1 is 1.50 bits per heavy atom. The first-order valence-electron chi connectivity index (χ1n) is 4.90. The second kappa shape index (κ2) is 5.82. The van der Waals surface area contributed by atoms with Crippen molar-refractivity contribution in [2.45, 2.75) is 20.3 Å². The summed E-state index contributed by atoms with van der Waals surface area (Å²) in [5.74, 6) is -0.115. The van der Waals surface area contributed by atoms with Crippen LogP contribution in [-0.4, -0.2) is 11.0 Å². The molecular weight excluding hydrogens is 244 g/mol. The maximum Gasteiger partial charge on any atom is 0.225 e. The Morgan fingerprint density at radius 2 is 2.19 bits per heavy atom. The first kappa shape index (κ1) is 12.9. The minimum atomic E-state index is -0.115. The Kier molecular flexibility index (Phi) is 4.71. The number of halogens is 1. The number of nitrogens with one attached hydrogen (secondary N) is 2. The van der Waals surface area contributed by atoms with E-state index in [-0.39, 0.29) is 11.0 Å². The molecule has 0 spiro atoms. The number of rotatable bonds is 2. The van der Waals surface area contributed by atoms with Gasteiger partial charge < -0.3 is 10.6 Å². The SMILES string of the molecule is CCC(=O)NC(=S)Nc1ccc(C)c(Cl)c1. The molecule has 0 aliphatic heterocycles. The highest BCUT2D eigenvalue weighted by Crippen LogP contribution is 2.19.